The number of nitrogens with one attached hydrogen (secondary N) is 1. The van der Waals surface area contributed by atoms with Crippen LogP contribution in [0.1, 0.15) is 28.9 Å². The van der Waals surface area contributed by atoms with Gasteiger partial charge in [-0.05, 0) is 55.8 Å². The number of aromatic nitrogens is 1. The summed E-state index contributed by atoms with van der Waals surface area (Å²) in [6, 6.07) is 16.8. The molecule has 0 saturated carbocycles. The minimum Gasteiger partial charge on any atom is -0.349 e. The zero-order valence-electron chi connectivity index (χ0n) is 18.6. The lowest BCUT2D eigenvalue weighted by Crippen LogP contribution is -2.34. The molecule has 0 bridgehead atoms. The maximum Gasteiger partial charge on any atom is 0.267 e. The van der Waals surface area contributed by atoms with Gasteiger partial charge < -0.3 is 14.8 Å². The van der Waals surface area contributed by atoms with Gasteiger partial charge in [0.05, 0.1) is 4.90 Å². The molecule has 0 atom stereocenters. The predicted molar refractivity (Wildman–Crippen MR) is 126 cm³/mol. The smallest absolute Gasteiger partial charge is 0.267 e. The van der Waals surface area contributed by atoms with E-state index in [0.29, 0.717) is 18.8 Å². The Hall–Kier alpha value is -2.68. The van der Waals surface area contributed by atoms with Crippen molar-refractivity contribution in [3.05, 3.63) is 65.9 Å². The molecule has 1 aromatic heterocycles. The van der Waals surface area contributed by atoms with Crippen LogP contribution < -0.4 is 5.32 Å². The summed E-state index contributed by atoms with van der Waals surface area (Å²) >= 11 is 0. The molecule has 1 saturated heterocycles. The number of amides is 1. The van der Waals surface area contributed by atoms with E-state index in [9.17, 15) is 13.2 Å². The highest BCUT2D eigenvalue weighted by atomic mass is 32.2. The molecule has 170 valence electrons. The monoisotopic (exact) mass is 454 g/mol. The van der Waals surface area contributed by atoms with E-state index >= 15 is 0 Å². The maximum absolute atomic E-state index is 13.1. The Bertz CT molecular complexity index is 1200. The molecule has 0 radical (unpaired) electrons. The van der Waals surface area contributed by atoms with E-state index in [-0.39, 0.29) is 10.8 Å². The van der Waals surface area contributed by atoms with Crippen molar-refractivity contribution in [2.45, 2.75) is 24.3 Å². The number of likely N-dealkylation sites (tertiary alicyclic amines) is 1. The number of benzene rings is 2. The van der Waals surface area contributed by atoms with E-state index in [1.165, 1.54) is 31.2 Å². The third-order valence-electron chi connectivity index (χ3n) is 5.98. The molecule has 4 rings (SSSR count). The Morgan fingerprint density at radius 3 is 2.44 bits per heavy atom. The van der Waals surface area contributed by atoms with Crippen LogP contribution in [0.15, 0.2) is 59.5 Å². The van der Waals surface area contributed by atoms with Gasteiger partial charge in [0, 0.05) is 44.6 Å². The molecule has 2 aromatic carbocycles. The molecule has 0 spiro atoms. The fourth-order valence-corrected chi connectivity index (χ4v) is 5.11. The second kappa shape index (κ2) is 9.44. The van der Waals surface area contributed by atoms with E-state index < -0.39 is 10.0 Å². The summed E-state index contributed by atoms with van der Waals surface area (Å²) in [7, 11) is -0.530. The topological polar surface area (TPSA) is 74.7 Å². The lowest BCUT2D eigenvalue weighted by molar-refractivity contribution is 0.0941. The van der Waals surface area contributed by atoms with Crippen molar-refractivity contribution in [3.63, 3.8) is 0 Å². The van der Waals surface area contributed by atoms with Crippen LogP contribution in [-0.2, 0) is 16.6 Å². The van der Waals surface area contributed by atoms with Crippen molar-refractivity contribution in [1.82, 2.24) is 19.1 Å². The highest BCUT2D eigenvalue weighted by Crippen LogP contribution is 2.26. The van der Waals surface area contributed by atoms with Crippen molar-refractivity contribution in [2.75, 3.05) is 40.3 Å². The quantitative estimate of drug-likeness (QED) is 0.568. The Labute approximate surface area is 189 Å². The van der Waals surface area contributed by atoms with Crippen molar-refractivity contribution >= 4 is 26.8 Å². The molecule has 1 fully saturated rings. The molecule has 1 aliphatic heterocycles. The third-order valence-corrected chi connectivity index (χ3v) is 7.79. The maximum atomic E-state index is 13.1. The molecule has 32 heavy (non-hydrogen) atoms. The summed E-state index contributed by atoms with van der Waals surface area (Å²) in [6.45, 7) is 4.14. The summed E-state index contributed by atoms with van der Waals surface area (Å²) < 4.78 is 28.3. The van der Waals surface area contributed by atoms with Crippen LogP contribution in [0.25, 0.3) is 10.9 Å². The van der Waals surface area contributed by atoms with Gasteiger partial charge in [-0.1, -0.05) is 30.3 Å². The highest BCUT2D eigenvalue weighted by molar-refractivity contribution is 7.89. The SMILES string of the molecule is CN(C)S(=O)(=O)c1ccc2c(c1)cc(C(=O)NCCN1CCCC1)n2Cc1ccccc1. The Kier molecular flexibility index (Phi) is 6.64. The average Bonchev–Trinajstić information content (AvgIpc) is 3.42. The van der Waals surface area contributed by atoms with E-state index in [1.54, 1.807) is 24.3 Å². The second-order valence-electron chi connectivity index (χ2n) is 8.41. The first kappa shape index (κ1) is 22.5. The van der Waals surface area contributed by atoms with Crippen LogP contribution in [0.3, 0.4) is 0 Å². The molecule has 1 amide bonds. The summed E-state index contributed by atoms with van der Waals surface area (Å²) in [5, 5.41) is 3.78. The number of hydrogen-bond donors (Lipinski definition) is 1. The van der Waals surface area contributed by atoms with E-state index in [4.69, 9.17) is 0 Å². The standard InChI is InChI=1S/C24H30N4O3S/c1-26(2)32(30,31)21-10-11-22-20(16-21)17-23(28(22)18-19-8-4-3-5-9-19)24(29)25-12-15-27-13-6-7-14-27/h3-5,8-11,16-17H,6-7,12-15,18H2,1-2H3,(H,25,29). The normalized spacial score (nSPS) is 15.0. The summed E-state index contributed by atoms with van der Waals surface area (Å²) in [4.78, 5) is 15.7. The average molecular weight is 455 g/mol. The summed E-state index contributed by atoms with van der Waals surface area (Å²) in [5.41, 5.74) is 2.43. The van der Waals surface area contributed by atoms with Crippen LogP contribution in [-0.4, -0.2) is 68.4 Å². The molecule has 8 heteroatoms. The van der Waals surface area contributed by atoms with E-state index in [1.807, 2.05) is 34.9 Å². The minimum absolute atomic E-state index is 0.145. The van der Waals surface area contributed by atoms with Crippen LogP contribution in [0.4, 0.5) is 0 Å². The number of carbonyl (C=O) groups is 1. The van der Waals surface area contributed by atoms with E-state index in [0.717, 1.165) is 36.1 Å². The van der Waals surface area contributed by atoms with Gasteiger partial charge in [-0.15, -0.1) is 0 Å². The van der Waals surface area contributed by atoms with Crippen LogP contribution in [0.2, 0.25) is 0 Å². The van der Waals surface area contributed by atoms with Crippen molar-refractivity contribution < 1.29 is 13.2 Å². The first-order valence-corrected chi connectivity index (χ1v) is 12.4. The predicted octanol–water partition coefficient (Wildman–Crippen LogP) is 2.77. The molecule has 1 N–H and O–H groups in total. The van der Waals surface area contributed by atoms with Crippen LogP contribution in [0, 0.1) is 0 Å². The van der Waals surface area contributed by atoms with Gasteiger partial charge >= 0.3 is 0 Å². The molecule has 0 unspecified atom stereocenters. The Morgan fingerprint density at radius 2 is 1.75 bits per heavy atom. The van der Waals surface area contributed by atoms with Gasteiger partial charge in [0.15, 0.2) is 0 Å². The number of fused-ring (bicyclic) bond motifs is 1. The van der Waals surface area contributed by atoms with Gasteiger partial charge in [0.1, 0.15) is 5.69 Å². The molecule has 3 aromatic rings. The highest BCUT2D eigenvalue weighted by Gasteiger charge is 2.21. The molecular weight excluding hydrogens is 424 g/mol. The van der Waals surface area contributed by atoms with Crippen LogP contribution >= 0.6 is 0 Å². The zero-order chi connectivity index (χ0) is 22.7. The molecular formula is C24H30N4O3S. The lowest BCUT2D eigenvalue weighted by atomic mass is 10.2. The largest absolute Gasteiger partial charge is 0.349 e. The van der Waals surface area contributed by atoms with Gasteiger partial charge in [-0.25, -0.2) is 12.7 Å². The van der Waals surface area contributed by atoms with Gasteiger partial charge in [0.25, 0.3) is 5.91 Å². The molecule has 0 aliphatic carbocycles. The number of hydrogen-bond acceptors (Lipinski definition) is 4. The Morgan fingerprint density at radius 1 is 1.03 bits per heavy atom. The lowest BCUT2D eigenvalue weighted by Gasteiger charge is -2.15. The number of nitrogens with zero attached hydrogens (tertiary/aromatic N) is 3. The molecule has 1 aliphatic rings. The molecule has 7 nitrogen and oxygen atoms in total. The van der Waals surface area contributed by atoms with Gasteiger partial charge in [0.2, 0.25) is 10.0 Å². The van der Waals surface area contributed by atoms with Gasteiger partial charge in [-0.2, -0.15) is 0 Å². The van der Waals surface area contributed by atoms with E-state index in [2.05, 4.69) is 10.2 Å². The number of sulfonamides is 1. The Balaban J connectivity index is 1.66. The third kappa shape index (κ3) is 4.72. The fourth-order valence-electron chi connectivity index (χ4n) is 4.17. The first-order valence-electron chi connectivity index (χ1n) is 11.0. The molecule has 2 heterocycles. The minimum atomic E-state index is -3.56. The van der Waals surface area contributed by atoms with Crippen molar-refractivity contribution in [3.8, 4) is 0 Å². The van der Waals surface area contributed by atoms with Crippen molar-refractivity contribution in [2.24, 2.45) is 0 Å². The second-order valence-corrected chi connectivity index (χ2v) is 10.6. The fraction of sp³-hybridized carbons (Fsp3) is 0.375. The van der Waals surface area contributed by atoms with Crippen molar-refractivity contribution in [1.29, 1.82) is 0 Å². The summed E-state index contributed by atoms with van der Waals surface area (Å²) in [6.07, 6.45) is 2.44. The van der Waals surface area contributed by atoms with Gasteiger partial charge in [-0.3, -0.25) is 4.79 Å². The number of rotatable bonds is 8. The number of carbonyl (C=O) groups excluding carboxylic acids is 1. The zero-order valence-corrected chi connectivity index (χ0v) is 19.4. The first-order chi connectivity index (χ1) is 15.4. The summed E-state index contributed by atoms with van der Waals surface area (Å²) in [5.74, 6) is -0.145. The van der Waals surface area contributed by atoms with Crippen LogP contribution in [0.5, 0.6) is 0 Å².